The van der Waals surface area contributed by atoms with Crippen LogP contribution in [0.4, 0.5) is 0 Å². The van der Waals surface area contributed by atoms with E-state index in [0.717, 1.165) is 14.6 Å². The summed E-state index contributed by atoms with van der Waals surface area (Å²) in [6, 6.07) is 76.9. The Morgan fingerprint density at radius 1 is 0.425 bits per heavy atom. The van der Waals surface area contributed by atoms with Gasteiger partial charge in [-0.3, -0.25) is 4.79 Å². The van der Waals surface area contributed by atoms with Crippen LogP contribution in [-0.4, -0.2) is 5.78 Å². The fraction of sp³-hybridized carbons (Fsp3) is 0.0822. The summed E-state index contributed by atoms with van der Waals surface area (Å²) in [6.45, 7) is 8.71. The summed E-state index contributed by atoms with van der Waals surface area (Å²) >= 11 is 7.09. The van der Waals surface area contributed by atoms with Gasteiger partial charge in [0.15, 0.2) is 5.78 Å². The van der Waals surface area contributed by atoms with E-state index < -0.39 is 10.8 Å². The van der Waals surface area contributed by atoms with Gasteiger partial charge in [-0.25, -0.2) is 0 Å². The molecular weight excluding hydrogens is 1050 g/mol. The molecule has 15 rings (SSSR count). The molecule has 8 aromatic carbocycles. The van der Waals surface area contributed by atoms with Crippen LogP contribution in [0.2, 0.25) is 0 Å². The molecule has 0 amide bonds. The molecule has 0 N–H and O–H groups in total. The Labute approximate surface area is 480 Å². The maximum Gasteiger partial charge on any atom is 0.194 e. The highest BCUT2D eigenvalue weighted by molar-refractivity contribution is 7.26. The number of rotatable bonds is 7. The molecule has 4 heterocycles. The molecule has 80 heavy (non-hydrogen) atoms. The van der Waals surface area contributed by atoms with Crippen LogP contribution < -0.4 is 0 Å². The van der Waals surface area contributed by atoms with Crippen molar-refractivity contribution < 1.29 is 4.79 Å². The van der Waals surface area contributed by atoms with Crippen molar-refractivity contribution in [3.8, 4) is 53.9 Å². The number of nitriles is 2. The Morgan fingerprint density at radius 3 is 1.31 bits per heavy atom. The smallest absolute Gasteiger partial charge is 0.194 e. The molecule has 12 aromatic rings. The highest BCUT2D eigenvalue weighted by Gasteiger charge is 2.52. The summed E-state index contributed by atoms with van der Waals surface area (Å²) in [5.74, 6) is -0.177. The predicted molar refractivity (Wildman–Crippen MR) is 334 cm³/mol. The lowest BCUT2D eigenvalue weighted by Crippen LogP contribution is -2.30. The molecule has 4 aromatic heterocycles. The molecule has 0 radical (unpaired) electrons. The summed E-state index contributed by atoms with van der Waals surface area (Å²) in [7, 11) is 0. The zero-order chi connectivity index (χ0) is 54.2. The lowest BCUT2D eigenvalue weighted by Gasteiger charge is -2.36. The number of carbonyl (C=O) groups excluding carboxylic acids is 1. The molecule has 0 aliphatic heterocycles. The van der Waals surface area contributed by atoms with Crippen molar-refractivity contribution in [2.45, 2.75) is 38.5 Å². The van der Waals surface area contributed by atoms with E-state index in [1.807, 2.05) is 41.7 Å². The number of ketones is 1. The molecule has 0 saturated heterocycles. The average Bonchev–Trinajstić information content (AvgIpc) is 4.54. The Morgan fingerprint density at radius 2 is 0.863 bits per heavy atom. The zero-order valence-electron chi connectivity index (χ0n) is 44.1. The van der Waals surface area contributed by atoms with Crippen molar-refractivity contribution in [3.63, 3.8) is 0 Å². The van der Waals surface area contributed by atoms with Gasteiger partial charge in [-0.2, -0.15) is 10.5 Å². The Balaban J connectivity index is 0.987. The Bertz CT molecular complexity index is 4650. The summed E-state index contributed by atoms with van der Waals surface area (Å²) in [6.07, 6.45) is 1.85. The number of nitrogens with zero attached hydrogens (tertiary/aromatic N) is 2. The van der Waals surface area contributed by atoms with Gasteiger partial charge in [-0.1, -0.05) is 150 Å². The van der Waals surface area contributed by atoms with Crippen LogP contribution in [0.5, 0.6) is 0 Å². The van der Waals surface area contributed by atoms with E-state index in [4.69, 9.17) is 0 Å². The molecule has 0 bridgehead atoms. The number of thiophene rings is 4. The van der Waals surface area contributed by atoms with Gasteiger partial charge in [-0.05, 0) is 189 Å². The summed E-state index contributed by atoms with van der Waals surface area (Å²) in [5, 5.41) is 24.6. The molecule has 7 heteroatoms. The van der Waals surface area contributed by atoms with E-state index in [1.165, 1.54) is 119 Å². The van der Waals surface area contributed by atoms with Gasteiger partial charge >= 0.3 is 0 Å². The third-order valence-corrected chi connectivity index (χ3v) is 21.4. The van der Waals surface area contributed by atoms with Crippen molar-refractivity contribution in [1.29, 1.82) is 10.5 Å². The minimum atomic E-state index is -0.679. The molecule has 0 saturated carbocycles. The van der Waals surface area contributed by atoms with Crippen LogP contribution in [0.15, 0.2) is 211 Å². The second kappa shape index (κ2) is 18.1. The van der Waals surface area contributed by atoms with Crippen LogP contribution in [-0.2, 0) is 10.8 Å². The van der Waals surface area contributed by atoms with Gasteiger partial charge in [0.2, 0.25) is 0 Å². The molecular formula is C73H46N2OS4. The molecule has 3 aliphatic carbocycles. The quantitative estimate of drug-likeness (QED) is 0.118. The van der Waals surface area contributed by atoms with Crippen molar-refractivity contribution >= 4 is 83.0 Å². The number of hydrogen-bond acceptors (Lipinski definition) is 7. The average molecular weight is 1100 g/mol. The molecule has 0 spiro atoms. The van der Waals surface area contributed by atoms with Gasteiger partial charge in [0.05, 0.1) is 10.8 Å². The van der Waals surface area contributed by atoms with E-state index in [-0.39, 0.29) is 11.4 Å². The minimum Gasteiger partial charge on any atom is -0.289 e. The first-order valence-corrected chi connectivity index (χ1v) is 30.1. The van der Waals surface area contributed by atoms with Crippen molar-refractivity contribution in [2.75, 3.05) is 0 Å². The maximum atomic E-state index is 13.9. The van der Waals surface area contributed by atoms with Crippen LogP contribution in [0, 0.1) is 50.4 Å². The lowest BCUT2D eigenvalue weighted by atomic mass is 9.65. The second-order valence-corrected chi connectivity index (χ2v) is 25.8. The number of benzene rings is 8. The number of aryl methyl sites for hydroxylation is 4. The van der Waals surface area contributed by atoms with E-state index in [0.29, 0.717) is 22.3 Å². The van der Waals surface area contributed by atoms with Crippen molar-refractivity contribution in [2.24, 2.45) is 0 Å². The Kier molecular flexibility index (Phi) is 11.0. The summed E-state index contributed by atoms with van der Waals surface area (Å²) in [4.78, 5) is 19.6. The second-order valence-electron chi connectivity index (χ2n) is 21.6. The highest BCUT2D eigenvalue weighted by Crippen LogP contribution is 2.64. The number of Topliss-reactive ketones (excluding diaryl/α,β-unsaturated/α-hetero) is 1. The third-order valence-electron chi connectivity index (χ3n) is 17.0. The standard InChI is InChI=1S/C73H46N2OS4/c1-41-11-19-48(20-12-41)72(49-21-13-42(2)14-22-49)60-36-58-56-31-46-33-69(65-28-27-52(78-65)34-59-70(47(39-74)40-75)53-8-5-6-9-54(53)71(59)76)80-67(46)38-63(56)73(50-23-15-43(3)16-24-50,51-25-17-44(4)18-26-51)61(58)35-57(60)55-30-45-32-68(64-10-7-29-77-64)79-66(45)37-62(55)72/h5-38H,1-4H3/b59-34-. The fourth-order valence-electron chi connectivity index (χ4n) is 13.2. The molecule has 0 fully saturated rings. The van der Waals surface area contributed by atoms with Crippen LogP contribution in [0.25, 0.3) is 73.6 Å². The Hall–Kier alpha value is -8.79. The monoisotopic (exact) mass is 1090 g/mol. The van der Waals surface area contributed by atoms with Gasteiger partial charge in [0.25, 0.3) is 0 Å². The largest absolute Gasteiger partial charge is 0.289 e. The summed E-state index contributed by atoms with van der Waals surface area (Å²) < 4.78 is 2.47. The number of carbonyl (C=O) groups is 1. The topological polar surface area (TPSA) is 64.7 Å². The molecule has 0 atom stereocenters. The van der Waals surface area contributed by atoms with Crippen LogP contribution in [0.3, 0.4) is 0 Å². The number of allylic oxidation sites excluding steroid dienone is 3. The number of fused-ring (bicyclic) bond motifs is 9. The maximum absolute atomic E-state index is 13.9. The SMILES string of the molecule is Cc1ccc(C2(c3ccc(C)cc3)c3cc4c(cc3-c3cc5cc(-c6cccs6)sc5cc32)C(c2ccc(C)cc2)(c2ccc(C)cc2)c2cc3sc(-c5ccc(/C=C6\C(=O)c7ccccc7C6=C(C#N)C#N)s5)cc3cc2-4)cc1. The normalized spacial score (nSPS) is 14.7. The minimum absolute atomic E-state index is 0.0633. The molecule has 378 valence electrons. The van der Waals surface area contributed by atoms with Crippen LogP contribution in [0.1, 0.15) is 87.6 Å². The lowest BCUT2D eigenvalue weighted by molar-refractivity contribution is 0.104. The van der Waals surface area contributed by atoms with E-state index in [2.05, 4.69) is 209 Å². The summed E-state index contributed by atoms with van der Waals surface area (Å²) in [5.41, 5.74) is 20.5. The number of hydrogen-bond donors (Lipinski definition) is 0. The van der Waals surface area contributed by atoms with E-state index in [1.54, 1.807) is 40.1 Å². The molecule has 3 aliphatic rings. The van der Waals surface area contributed by atoms with Gasteiger partial charge < -0.3 is 0 Å². The van der Waals surface area contributed by atoms with E-state index >= 15 is 0 Å². The van der Waals surface area contributed by atoms with Crippen molar-refractivity contribution in [1.82, 2.24) is 0 Å². The fourth-order valence-corrected chi connectivity index (χ4v) is 17.2. The molecule has 0 unspecified atom stereocenters. The van der Waals surface area contributed by atoms with Crippen LogP contribution >= 0.6 is 45.3 Å². The molecule has 3 nitrogen and oxygen atoms in total. The zero-order valence-corrected chi connectivity index (χ0v) is 47.3. The van der Waals surface area contributed by atoms with E-state index in [9.17, 15) is 15.3 Å². The highest BCUT2D eigenvalue weighted by atomic mass is 32.1. The first-order chi connectivity index (χ1) is 39.0. The first-order valence-electron chi connectivity index (χ1n) is 26.7. The first kappa shape index (κ1) is 48.3. The third kappa shape index (κ3) is 7.02. The predicted octanol–water partition coefficient (Wildman–Crippen LogP) is 19.6. The van der Waals surface area contributed by atoms with Gasteiger partial charge in [0, 0.05) is 50.5 Å². The van der Waals surface area contributed by atoms with Gasteiger partial charge in [-0.15, -0.1) is 45.3 Å². The van der Waals surface area contributed by atoms with Gasteiger partial charge in [0.1, 0.15) is 17.7 Å². The van der Waals surface area contributed by atoms with Crippen molar-refractivity contribution in [3.05, 3.63) is 293 Å².